The molecule has 1 radical (unpaired) electrons. The van der Waals surface area contributed by atoms with E-state index >= 15 is 0 Å². The first-order valence-electron chi connectivity index (χ1n) is 2.23. The third kappa shape index (κ3) is 4.19. The molecule has 0 spiro atoms. The van der Waals surface area contributed by atoms with E-state index in [1.54, 1.807) is 0 Å². The fourth-order valence-corrected chi connectivity index (χ4v) is 1.31. The summed E-state index contributed by atoms with van der Waals surface area (Å²) in [5, 5.41) is 0. The van der Waals surface area contributed by atoms with Crippen molar-refractivity contribution >= 4 is 21.0 Å². The zero-order valence-electron chi connectivity index (χ0n) is 4.92. The van der Waals surface area contributed by atoms with Crippen LogP contribution < -0.4 is 0 Å². The molecule has 0 amide bonds. The minimum absolute atomic E-state index is 0.686. The number of halogens is 3. The van der Waals surface area contributed by atoms with Crippen LogP contribution in [0.4, 0.5) is 13.2 Å². The zero-order chi connectivity index (χ0) is 8.36. The maximum atomic E-state index is 11.5. The van der Waals surface area contributed by atoms with Crippen molar-refractivity contribution in [1.29, 1.82) is 0 Å². The van der Waals surface area contributed by atoms with E-state index in [0.717, 1.165) is 0 Å². The van der Waals surface area contributed by atoms with E-state index in [4.69, 9.17) is 3.39 Å². The Morgan fingerprint density at radius 3 is 2.10 bits per heavy atom. The molecule has 0 aromatic heterocycles. The van der Waals surface area contributed by atoms with Crippen LogP contribution in [-0.4, -0.2) is 36.7 Å². The van der Waals surface area contributed by atoms with Gasteiger partial charge in [0.1, 0.15) is 0 Å². The van der Waals surface area contributed by atoms with Gasteiger partial charge in [0, 0.05) is 0 Å². The van der Waals surface area contributed by atoms with Crippen LogP contribution in [0.15, 0.2) is 0 Å². The van der Waals surface area contributed by atoms with Gasteiger partial charge in [0.15, 0.2) is 0 Å². The van der Waals surface area contributed by atoms with Gasteiger partial charge in [0.2, 0.25) is 0 Å². The molecule has 61 valence electrons. The molecular weight excluding hydrogens is 263 g/mol. The molecule has 0 bridgehead atoms. The van der Waals surface area contributed by atoms with E-state index in [0.29, 0.717) is 6.92 Å². The van der Waals surface area contributed by atoms with Crippen molar-refractivity contribution in [3.63, 3.8) is 0 Å². The summed E-state index contributed by atoms with van der Waals surface area (Å²) >= 11 is -4.17. The normalized spacial score (nSPS) is 14.9. The minimum atomic E-state index is -4.55. The molecule has 1 unspecified atom stereocenters. The Morgan fingerprint density at radius 1 is 1.60 bits per heavy atom. The first-order valence-corrected chi connectivity index (χ1v) is 5.46. The molecule has 0 fully saturated rings. The van der Waals surface area contributed by atoms with E-state index in [-0.39, 0.29) is 0 Å². The first kappa shape index (κ1) is 10.3. The second-order valence-electron chi connectivity index (χ2n) is 1.53. The number of hydrogen-bond acceptors (Lipinski definition) is 2. The summed E-state index contributed by atoms with van der Waals surface area (Å²) < 4.78 is 55.9. The fourth-order valence-electron chi connectivity index (χ4n) is 0.195. The van der Waals surface area contributed by atoms with Crippen molar-refractivity contribution in [1.82, 2.24) is 0 Å². The predicted octanol–water partition coefficient (Wildman–Crippen LogP) is 0.362. The molecule has 0 saturated heterocycles. The molecule has 7 heteroatoms. The molecule has 1 N–H and O–H groups in total. The van der Waals surface area contributed by atoms with Gasteiger partial charge in [-0.2, -0.15) is 0 Å². The molecule has 0 heterocycles. The van der Waals surface area contributed by atoms with Gasteiger partial charge in [-0.25, -0.2) is 0 Å². The Bertz CT molecular complexity index is 133. The third-order valence-corrected chi connectivity index (χ3v) is 2.13. The number of alkyl halides is 3. The summed E-state index contributed by atoms with van der Waals surface area (Å²) in [6, 6.07) is 0. The van der Waals surface area contributed by atoms with Gasteiger partial charge >= 0.3 is 62.8 Å². The van der Waals surface area contributed by atoms with E-state index < -0.39 is 33.3 Å². The summed E-state index contributed by atoms with van der Waals surface area (Å²) in [5.41, 5.74) is 0. The van der Waals surface area contributed by atoms with Gasteiger partial charge in [0.05, 0.1) is 0 Å². The van der Waals surface area contributed by atoms with Gasteiger partial charge in [-0.15, -0.1) is 0 Å². The SMILES string of the molecule is CC([O][Sb](=[O])[OH])C(F)(F)F. The molecule has 0 aromatic carbocycles. The van der Waals surface area contributed by atoms with Crippen LogP contribution in [-0.2, 0) is 6.03 Å². The Morgan fingerprint density at radius 2 is 2.00 bits per heavy atom. The van der Waals surface area contributed by atoms with Crippen LogP contribution in [0.3, 0.4) is 0 Å². The molecule has 0 aliphatic carbocycles. The molecule has 0 aliphatic rings. The molecule has 0 aromatic rings. The van der Waals surface area contributed by atoms with Crippen molar-refractivity contribution in [3.8, 4) is 0 Å². The summed E-state index contributed by atoms with van der Waals surface area (Å²) in [4.78, 5) is 0. The van der Waals surface area contributed by atoms with Crippen molar-refractivity contribution in [2.24, 2.45) is 0 Å². The van der Waals surface area contributed by atoms with Crippen LogP contribution in [0.5, 0.6) is 0 Å². The van der Waals surface area contributed by atoms with Gasteiger partial charge in [-0.1, -0.05) is 0 Å². The second-order valence-corrected chi connectivity index (χ2v) is 3.49. The van der Waals surface area contributed by atoms with Crippen LogP contribution in [0.1, 0.15) is 6.92 Å². The molecule has 0 rings (SSSR count). The van der Waals surface area contributed by atoms with Gasteiger partial charge < -0.3 is 0 Å². The third-order valence-electron chi connectivity index (χ3n) is 0.709. The molecule has 0 aliphatic heterocycles. The molecular formula is C3H5F3O3Sb. The fraction of sp³-hybridized carbons (Fsp3) is 1.00. The second kappa shape index (κ2) is 3.64. The summed E-state index contributed by atoms with van der Waals surface area (Å²) in [5.74, 6) is 0. The maximum absolute atomic E-state index is 11.5. The standard InChI is InChI=1S/C3H4F3O.H2O.O.Sb/c1-2(7)3(4,5)6;;;/h2H,1H3;1H2;;/q-1;;;+2/p-1. The summed E-state index contributed by atoms with van der Waals surface area (Å²) in [7, 11) is 0. The Hall–Kier alpha value is 0.328. The van der Waals surface area contributed by atoms with Crippen molar-refractivity contribution in [3.05, 3.63) is 0 Å². The van der Waals surface area contributed by atoms with Crippen molar-refractivity contribution in [2.75, 3.05) is 0 Å². The zero-order valence-corrected chi connectivity index (χ0v) is 7.47. The van der Waals surface area contributed by atoms with E-state index in [9.17, 15) is 16.2 Å². The van der Waals surface area contributed by atoms with Crippen molar-refractivity contribution in [2.45, 2.75) is 19.2 Å². The van der Waals surface area contributed by atoms with Crippen LogP contribution >= 0.6 is 0 Å². The van der Waals surface area contributed by atoms with Crippen LogP contribution in [0.2, 0.25) is 0 Å². The Labute approximate surface area is 63.3 Å². The van der Waals surface area contributed by atoms with Gasteiger partial charge in [-0.3, -0.25) is 0 Å². The first-order chi connectivity index (χ1) is 4.34. The Kier molecular flexibility index (Phi) is 3.76. The molecule has 10 heavy (non-hydrogen) atoms. The summed E-state index contributed by atoms with van der Waals surface area (Å²) in [6.07, 6.45) is -6.69. The van der Waals surface area contributed by atoms with Crippen molar-refractivity contribution < 1.29 is 22.6 Å². The average molecular weight is 268 g/mol. The van der Waals surface area contributed by atoms with Gasteiger partial charge in [0.25, 0.3) is 0 Å². The topological polar surface area (TPSA) is 46.5 Å². The van der Waals surface area contributed by atoms with Gasteiger partial charge in [-0.05, 0) is 0 Å². The van der Waals surface area contributed by atoms with E-state index in [2.05, 4.69) is 3.02 Å². The molecule has 0 saturated carbocycles. The monoisotopic (exact) mass is 267 g/mol. The number of hydrogen-bond donors (Lipinski definition) is 1. The van der Waals surface area contributed by atoms with E-state index in [1.807, 2.05) is 0 Å². The predicted molar refractivity (Wildman–Crippen MR) is 25.3 cm³/mol. The molecule has 1 atom stereocenters. The van der Waals surface area contributed by atoms with Crippen LogP contribution in [0.25, 0.3) is 0 Å². The quantitative estimate of drug-likeness (QED) is 0.735. The van der Waals surface area contributed by atoms with Crippen LogP contribution in [0, 0.1) is 0 Å². The molecule has 3 nitrogen and oxygen atoms in total. The summed E-state index contributed by atoms with van der Waals surface area (Å²) in [6.45, 7) is 0.686. The average Bonchev–Trinajstić information content (AvgIpc) is 1.60. The van der Waals surface area contributed by atoms with E-state index in [1.165, 1.54) is 0 Å². The number of rotatable bonds is 2. The Balaban J connectivity index is 3.85.